The third-order valence-electron chi connectivity index (χ3n) is 1.32. The zero-order valence-corrected chi connectivity index (χ0v) is 8.44. The van der Waals surface area contributed by atoms with E-state index in [0.29, 0.717) is 6.29 Å². The van der Waals surface area contributed by atoms with Gasteiger partial charge < -0.3 is 0 Å². The van der Waals surface area contributed by atoms with Gasteiger partial charge in [-0.25, -0.2) is 13.8 Å². The third kappa shape index (κ3) is 2.22. The van der Waals surface area contributed by atoms with Crippen LogP contribution in [0.25, 0.3) is 0 Å². The molecular formula is C7H3BrClF2NO. The van der Waals surface area contributed by atoms with Gasteiger partial charge in [-0.3, -0.25) is 4.79 Å². The maximum Gasteiger partial charge on any atom is 0.267 e. The van der Waals surface area contributed by atoms with Gasteiger partial charge >= 0.3 is 0 Å². The first-order valence-corrected chi connectivity index (χ1v) is 4.32. The Morgan fingerprint density at radius 3 is 2.62 bits per heavy atom. The smallest absolute Gasteiger partial charge is 0.267 e. The summed E-state index contributed by atoms with van der Waals surface area (Å²) in [4.78, 5) is 13.8. The van der Waals surface area contributed by atoms with Crippen LogP contribution < -0.4 is 0 Å². The monoisotopic (exact) mass is 269 g/mol. The first-order chi connectivity index (χ1) is 6.06. The minimum atomic E-state index is -2.71. The molecule has 0 fully saturated rings. The number of hydrogen-bond acceptors (Lipinski definition) is 2. The van der Waals surface area contributed by atoms with Crippen molar-refractivity contribution in [3.05, 3.63) is 26.9 Å². The Balaban J connectivity index is 3.31. The summed E-state index contributed by atoms with van der Waals surface area (Å²) in [7, 11) is 0. The van der Waals surface area contributed by atoms with Crippen molar-refractivity contribution < 1.29 is 13.6 Å². The van der Waals surface area contributed by atoms with E-state index in [-0.39, 0.29) is 15.3 Å². The predicted molar refractivity (Wildman–Crippen MR) is 47.3 cm³/mol. The largest absolute Gasteiger partial charge is 0.296 e. The molecule has 0 bridgehead atoms. The molecule has 0 aliphatic rings. The lowest BCUT2D eigenvalue weighted by atomic mass is 10.2. The number of nitrogens with zero attached hydrogens (tertiary/aromatic N) is 1. The molecule has 0 aliphatic carbocycles. The summed E-state index contributed by atoms with van der Waals surface area (Å²) >= 11 is 8.30. The highest BCUT2D eigenvalue weighted by atomic mass is 79.9. The fraction of sp³-hybridized carbons (Fsp3) is 0.143. The molecule has 13 heavy (non-hydrogen) atoms. The lowest BCUT2D eigenvalue weighted by Gasteiger charge is -2.05. The molecule has 0 N–H and O–H groups in total. The van der Waals surface area contributed by atoms with E-state index in [1.54, 1.807) is 0 Å². The lowest BCUT2D eigenvalue weighted by molar-refractivity contribution is 0.111. The summed E-state index contributed by atoms with van der Waals surface area (Å²) in [6.07, 6.45) is -2.28. The highest BCUT2D eigenvalue weighted by molar-refractivity contribution is 9.10. The summed E-state index contributed by atoms with van der Waals surface area (Å²) < 4.78 is 24.5. The van der Waals surface area contributed by atoms with Gasteiger partial charge in [0.05, 0.1) is 10.6 Å². The highest BCUT2D eigenvalue weighted by Crippen LogP contribution is 2.32. The van der Waals surface area contributed by atoms with Gasteiger partial charge in [-0.2, -0.15) is 0 Å². The topological polar surface area (TPSA) is 30.0 Å². The van der Waals surface area contributed by atoms with Crippen molar-refractivity contribution in [3.63, 3.8) is 0 Å². The zero-order valence-electron chi connectivity index (χ0n) is 6.10. The average Bonchev–Trinajstić information content (AvgIpc) is 2.02. The molecule has 1 heterocycles. The molecular weight excluding hydrogens is 267 g/mol. The summed E-state index contributed by atoms with van der Waals surface area (Å²) in [6, 6.07) is 1.10. The minimum absolute atomic E-state index is 0.0151. The quantitative estimate of drug-likeness (QED) is 0.610. The Hall–Kier alpha value is -0.550. The number of rotatable bonds is 2. The van der Waals surface area contributed by atoms with E-state index in [2.05, 4.69) is 20.9 Å². The van der Waals surface area contributed by atoms with Crippen LogP contribution in [-0.2, 0) is 0 Å². The minimum Gasteiger partial charge on any atom is -0.296 e. The van der Waals surface area contributed by atoms with Crippen LogP contribution in [0.5, 0.6) is 0 Å². The Labute approximate surface area is 86.0 Å². The molecule has 0 atom stereocenters. The van der Waals surface area contributed by atoms with Crippen LogP contribution in [-0.4, -0.2) is 11.3 Å². The second kappa shape index (κ2) is 4.11. The molecule has 1 rings (SSSR count). The second-order valence-corrected chi connectivity index (χ2v) is 3.31. The molecule has 0 aliphatic heterocycles. The van der Waals surface area contributed by atoms with Gasteiger partial charge in [0.15, 0.2) is 6.29 Å². The summed E-state index contributed by atoms with van der Waals surface area (Å²) in [5.74, 6) is 0. The van der Waals surface area contributed by atoms with Crippen molar-refractivity contribution in [2.45, 2.75) is 6.43 Å². The summed E-state index contributed by atoms with van der Waals surface area (Å²) in [5, 5.41) is -0.168. The highest BCUT2D eigenvalue weighted by Gasteiger charge is 2.17. The van der Waals surface area contributed by atoms with Crippen LogP contribution in [0, 0.1) is 0 Å². The number of aldehydes is 1. The van der Waals surface area contributed by atoms with Crippen LogP contribution in [0.15, 0.2) is 10.7 Å². The van der Waals surface area contributed by atoms with Gasteiger partial charge in [0.2, 0.25) is 0 Å². The third-order valence-corrected chi connectivity index (χ3v) is 2.24. The standard InChI is InChI=1S/C7H3BrClF2NO/c8-6-5(7(10)11)4(9)1-3(2-13)12-6/h1-2,7H. The van der Waals surface area contributed by atoms with Crippen LogP contribution in [0.1, 0.15) is 22.5 Å². The summed E-state index contributed by atoms with van der Waals surface area (Å²) in [6.45, 7) is 0. The number of hydrogen-bond donors (Lipinski definition) is 0. The molecule has 1 aromatic rings. The van der Waals surface area contributed by atoms with Crippen molar-refractivity contribution in [1.29, 1.82) is 0 Å². The van der Waals surface area contributed by atoms with E-state index in [1.165, 1.54) is 0 Å². The van der Waals surface area contributed by atoms with E-state index < -0.39 is 12.0 Å². The van der Waals surface area contributed by atoms with E-state index in [1.807, 2.05) is 0 Å². The Morgan fingerprint density at radius 2 is 2.23 bits per heavy atom. The molecule has 0 saturated heterocycles. The number of halogens is 4. The van der Waals surface area contributed by atoms with E-state index in [0.717, 1.165) is 6.07 Å². The second-order valence-electron chi connectivity index (χ2n) is 2.15. The van der Waals surface area contributed by atoms with Gasteiger partial charge in [0, 0.05) is 0 Å². The van der Waals surface area contributed by atoms with Crippen molar-refractivity contribution in [3.8, 4) is 0 Å². The normalized spacial score (nSPS) is 10.5. The molecule has 0 saturated carbocycles. The van der Waals surface area contributed by atoms with Gasteiger partial charge in [-0.05, 0) is 22.0 Å². The molecule has 0 aromatic carbocycles. The van der Waals surface area contributed by atoms with Crippen LogP contribution in [0.3, 0.4) is 0 Å². The number of alkyl halides is 2. The lowest BCUT2D eigenvalue weighted by Crippen LogP contribution is -1.95. The molecule has 70 valence electrons. The van der Waals surface area contributed by atoms with Crippen molar-refractivity contribution in [2.24, 2.45) is 0 Å². The van der Waals surface area contributed by atoms with Crippen LogP contribution in [0.4, 0.5) is 8.78 Å². The number of aromatic nitrogens is 1. The van der Waals surface area contributed by atoms with Crippen LogP contribution in [0.2, 0.25) is 5.02 Å². The molecule has 0 spiro atoms. The number of carbonyl (C=O) groups excluding carboxylic acids is 1. The first-order valence-electron chi connectivity index (χ1n) is 3.15. The SMILES string of the molecule is O=Cc1cc(Cl)c(C(F)F)c(Br)n1. The van der Waals surface area contributed by atoms with Gasteiger partial charge in [0.1, 0.15) is 10.3 Å². The molecule has 0 radical (unpaired) electrons. The van der Waals surface area contributed by atoms with Gasteiger partial charge in [-0.1, -0.05) is 11.6 Å². The Kier molecular flexibility index (Phi) is 3.33. The fourth-order valence-electron chi connectivity index (χ4n) is 0.767. The number of carbonyl (C=O) groups is 1. The van der Waals surface area contributed by atoms with Crippen molar-refractivity contribution in [2.75, 3.05) is 0 Å². The van der Waals surface area contributed by atoms with E-state index in [9.17, 15) is 13.6 Å². The Bertz CT molecular complexity index is 322. The van der Waals surface area contributed by atoms with Gasteiger partial charge in [0.25, 0.3) is 6.43 Å². The van der Waals surface area contributed by atoms with Crippen molar-refractivity contribution in [1.82, 2.24) is 4.98 Å². The molecule has 1 aromatic heterocycles. The molecule has 6 heteroatoms. The van der Waals surface area contributed by atoms with Crippen molar-refractivity contribution >= 4 is 33.8 Å². The maximum absolute atomic E-state index is 12.3. The Morgan fingerprint density at radius 1 is 1.62 bits per heavy atom. The molecule has 0 unspecified atom stereocenters. The predicted octanol–water partition coefficient (Wildman–Crippen LogP) is 3.25. The average molecular weight is 270 g/mol. The maximum atomic E-state index is 12.3. The summed E-state index contributed by atoms with van der Waals surface area (Å²) in [5.41, 5.74) is -0.381. The molecule has 2 nitrogen and oxygen atoms in total. The first kappa shape index (κ1) is 10.5. The molecule has 0 amide bonds. The van der Waals surface area contributed by atoms with Gasteiger partial charge in [-0.15, -0.1) is 0 Å². The van der Waals surface area contributed by atoms with E-state index >= 15 is 0 Å². The fourth-order valence-corrected chi connectivity index (χ4v) is 1.76. The van der Waals surface area contributed by atoms with E-state index in [4.69, 9.17) is 11.6 Å². The van der Waals surface area contributed by atoms with Crippen LogP contribution >= 0.6 is 27.5 Å². The zero-order chi connectivity index (χ0) is 10.0. The number of pyridine rings is 1.